The summed E-state index contributed by atoms with van der Waals surface area (Å²) in [6.45, 7) is 11.5. The molecule has 1 aliphatic heterocycles. The van der Waals surface area contributed by atoms with Crippen molar-refractivity contribution in [1.29, 1.82) is 0 Å². The van der Waals surface area contributed by atoms with Gasteiger partial charge in [-0.3, -0.25) is 0 Å². The molecule has 0 saturated carbocycles. The van der Waals surface area contributed by atoms with Gasteiger partial charge in [-0.2, -0.15) is 0 Å². The summed E-state index contributed by atoms with van der Waals surface area (Å²) in [6.07, 6.45) is 6.58. The van der Waals surface area contributed by atoms with E-state index in [1.165, 1.54) is 16.7 Å². The number of rotatable bonds is 3. The Kier molecular flexibility index (Phi) is 5.64. The zero-order valence-corrected chi connectivity index (χ0v) is 15.1. The number of hydrogen-bond acceptors (Lipinski definition) is 3. The molecule has 0 aliphatic carbocycles. The van der Waals surface area contributed by atoms with Gasteiger partial charge in [0.25, 0.3) is 0 Å². The number of benzene rings is 1. The molecule has 3 heteroatoms. The molecule has 1 aromatic carbocycles. The number of carbonyl (C=O) groups excluding carboxylic acids is 1. The van der Waals surface area contributed by atoms with Crippen LogP contribution in [0, 0.1) is 25.2 Å². The van der Waals surface area contributed by atoms with Crippen LogP contribution in [0.3, 0.4) is 0 Å². The lowest BCUT2D eigenvalue weighted by Crippen LogP contribution is -2.38. The number of carbonyl (C=O) groups is 1. The molecular weight excluding hydrogens is 286 g/mol. The molecule has 2 rings (SSSR count). The summed E-state index contributed by atoms with van der Waals surface area (Å²) in [5.41, 5.74) is 3.42. The van der Waals surface area contributed by atoms with E-state index >= 15 is 0 Å². The van der Waals surface area contributed by atoms with Gasteiger partial charge in [-0.1, -0.05) is 41.5 Å². The maximum absolute atomic E-state index is 11.9. The van der Waals surface area contributed by atoms with Crippen molar-refractivity contribution in [3.8, 4) is 0 Å². The van der Waals surface area contributed by atoms with Crippen LogP contribution in [-0.4, -0.2) is 24.1 Å². The number of allylic oxidation sites excluding steroid dienone is 1. The van der Waals surface area contributed by atoms with Gasteiger partial charge in [-0.25, -0.2) is 4.79 Å². The quantitative estimate of drug-likeness (QED) is 0.820. The van der Waals surface area contributed by atoms with Crippen molar-refractivity contribution in [3.63, 3.8) is 0 Å². The van der Waals surface area contributed by atoms with E-state index < -0.39 is 5.41 Å². The van der Waals surface area contributed by atoms with Crippen molar-refractivity contribution >= 4 is 12.0 Å². The van der Waals surface area contributed by atoms with E-state index in [9.17, 15) is 4.79 Å². The first-order chi connectivity index (χ1) is 10.7. The van der Waals surface area contributed by atoms with Crippen LogP contribution < -0.4 is 0 Å². The summed E-state index contributed by atoms with van der Waals surface area (Å²) in [6, 6.07) is 6.62. The smallest absolute Gasteiger partial charge is 0.330 e. The Hall–Kier alpha value is -1.61. The summed E-state index contributed by atoms with van der Waals surface area (Å²) < 4.78 is 0. The molecule has 23 heavy (non-hydrogen) atoms. The highest BCUT2D eigenvalue weighted by atomic mass is 16.7. The second-order valence-corrected chi connectivity index (χ2v) is 7.68. The Balaban J connectivity index is 1.85. The Morgan fingerprint density at radius 1 is 1.13 bits per heavy atom. The zero-order valence-electron chi connectivity index (χ0n) is 15.1. The van der Waals surface area contributed by atoms with Crippen LogP contribution in [0.25, 0.3) is 6.08 Å². The average Bonchev–Trinajstić information content (AvgIpc) is 2.44. The highest BCUT2D eigenvalue weighted by Crippen LogP contribution is 2.23. The number of aryl methyl sites for hydroxylation is 2. The van der Waals surface area contributed by atoms with Gasteiger partial charge in [0.15, 0.2) is 0 Å². The van der Waals surface area contributed by atoms with Crippen molar-refractivity contribution < 1.29 is 9.63 Å². The van der Waals surface area contributed by atoms with Crippen molar-refractivity contribution in [2.24, 2.45) is 11.3 Å². The SMILES string of the molecule is Cc1cc(C)cc(/C=C/C2CCN(OC(=O)C(C)(C)C)CC2)c1. The van der Waals surface area contributed by atoms with Crippen LogP contribution in [0.2, 0.25) is 0 Å². The van der Waals surface area contributed by atoms with Gasteiger partial charge >= 0.3 is 5.97 Å². The summed E-state index contributed by atoms with van der Waals surface area (Å²) >= 11 is 0. The van der Waals surface area contributed by atoms with E-state index in [4.69, 9.17) is 4.84 Å². The minimum atomic E-state index is -0.445. The molecule has 1 aliphatic rings. The molecule has 0 N–H and O–H groups in total. The topological polar surface area (TPSA) is 29.5 Å². The third-order valence-corrected chi connectivity index (χ3v) is 4.13. The lowest BCUT2D eigenvalue weighted by molar-refractivity contribution is -0.205. The second-order valence-electron chi connectivity index (χ2n) is 7.68. The minimum absolute atomic E-state index is 0.151. The molecule has 1 fully saturated rings. The van der Waals surface area contributed by atoms with Crippen LogP contribution in [0.5, 0.6) is 0 Å². The fourth-order valence-corrected chi connectivity index (χ4v) is 2.77. The Labute approximate surface area is 140 Å². The maximum Gasteiger partial charge on any atom is 0.330 e. The predicted octanol–water partition coefficient (Wildman–Crippen LogP) is 4.53. The van der Waals surface area contributed by atoms with Crippen LogP contribution in [0.15, 0.2) is 24.3 Å². The molecule has 0 atom stereocenters. The second kappa shape index (κ2) is 7.31. The van der Waals surface area contributed by atoms with Crippen molar-refractivity contribution in [2.75, 3.05) is 13.1 Å². The molecule has 126 valence electrons. The van der Waals surface area contributed by atoms with E-state index in [-0.39, 0.29) is 5.97 Å². The number of hydrogen-bond donors (Lipinski definition) is 0. The lowest BCUT2D eigenvalue weighted by atomic mass is 9.96. The average molecular weight is 315 g/mol. The van der Waals surface area contributed by atoms with Gasteiger partial charge in [0.2, 0.25) is 0 Å². The Bertz CT molecular complexity index is 556. The standard InChI is InChI=1S/C20H29NO2/c1-15-12-16(2)14-18(13-15)7-6-17-8-10-21(11-9-17)23-19(22)20(3,4)5/h6-7,12-14,17H,8-11H2,1-5H3/b7-6+. The highest BCUT2D eigenvalue weighted by molar-refractivity contribution is 5.75. The maximum atomic E-state index is 11.9. The third-order valence-electron chi connectivity index (χ3n) is 4.13. The molecule has 0 aromatic heterocycles. The van der Waals surface area contributed by atoms with E-state index in [0.29, 0.717) is 5.92 Å². The molecule has 1 aromatic rings. The normalized spacial score (nSPS) is 17.6. The summed E-state index contributed by atoms with van der Waals surface area (Å²) in [7, 11) is 0. The third kappa shape index (κ3) is 5.51. The first kappa shape index (κ1) is 17.7. The fraction of sp³-hybridized carbons (Fsp3) is 0.550. The fourth-order valence-electron chi connectivity index (χ4n) is 2.77. The largest absolute Gasteiger partial charge is 0.367 e. The Morgan fingerprint density at radius 2 is 1.70 bits per heavy atom. The molecular formula is C20H29NO2. The summed E-state index contributed by atoms with van der Waals surface area (Å²) in [5.74, 6) is 0.405. The minimum Gasteiger partial charge on any atom is -0.367 e. The first-order valence-electron chi connectivity index (χ1n) is 8.48. The van der Waals surface area contributed by atoms with Gasteiger partial charge in [0, 0.05) is 13.1 Å². The molecule has 1 saturated heterocycles. The van der Waals surface area contributed by atoms with E-state index in [1.54, 1.807) is 0 Å². The van der Waals surface area contributed by atoms with E-state index in [0.717, 1.165) is 25.9 Å². The number of nitrogens with zero attached hydrogens (tertiary/aromatic N) is 1. The zero-order chi connectivity index (χ0) is 17.0. The first-order valence-corrected chi connectivity index (χ1v) is 8.48. The molecule has 0 amide bonds. The van der Waals surface area contributed by atoms with Gasteiger partial charge in [0.05, 0.1) is 5.41 Å². The molecule has 3 nitrogen and oxygen atoms in total. The van der Waals surface area contributed by atoms with Crippen LogP contribution in [-0.2, 0) is 9.63 Å². The summed E-state index contributed by atoms with van der Waals surface area (Å²) in [4.78, 5) is 17.4. The highest BCUT2D eigenvalue weighted by Gasteiger charge is 2.27. The van der Waals surface area contributed by atoms with Crippen molar-refractivity contribution in [2.45, 2.75) is 47.5 Å². The van der Waals surface area contributed by atoms with Crippen LogP contribution in [0.4, 0.5) is 0 Å². The van der Waals surface area contributed by atoms with E-state index in [2.05, 4.69) is 44.2 Å². The van der Waals surface area contributed by atoms with Crippen molar-refractivity contribution in [1.82, 2.24) is 5.06 Å². The number of piperidine rings is 1. The molecule has 1 heterocycles. The summed E-state index contributed by atoms with van der Waals surface area (Å²) in [5, 5.41) is 1.81. The van der Waals surface area contributed by atoms with Crippen molar-refractivity contribution in [3.05, 3.63) is 41.0 Å². The molecule has 0 bridgehead atoms. The number of hydroxylamine groups is 2. The predicted molar refractivity (Wildman–Crippen MR) is 94.8 cm³/mol. The van der Waals surface area contributed by atoms with E-state index in [1.807, 2.05) is 25.8 Å². The van der Waals surface area contributed by atoms with Gasteiger partial charge in [0.1, 0.15) is 0 Å². The monoisotopic (exact) mass is 315 g/mol. The molecule has 0 unspecified atom stereocenters. The van der Waals surface area contributed by atoms with Gasteiger partial charge < -0.3 is 4.84 Å². The van der Waals surface area contributed by atoms with Crippen LogP contribution in [0.1, 0.15) is 50.3 Å². The van der Waals surface area contributed by atoms with Gasteiger partial charge in [-0.15, -0.1) is 5.06 Å². The van der Waals surface area contributed by atoms with Gasteiger partial charge in [-0.05, 0) is 58.9 Å². The lowest BCUT2D eigenvalue weighted by Gasteiger charge is -2.31. The van der Waals surface area contributed by atoms with Crippen LogP contribution >= 0.6 is 0 Å². The Morgan fingerprint density at radius 3 is 2.22 bits per heavy atom. The molecule has 0 spiro atoms. The molecule has 0 radical (unpaired) electrons.